The van der Waals surface area contributed by atoms with Gasteiger partial charge in [0.15, 0.2) is 0 Å². The number of halogens is 1. The second-order valence-electron chi connectivity index (χ2n) is 4.15. The number of aromatic nitrogens is 2. The number of amides is 1. The molecule has 0 saturated heterocycles. The van der Waals surface area contributed by atoms with Crippen molar-refractivity contribution in [1.29, 1.82) is 0 Å². The molecule has 6 nitrogen and oxygen atoms in total. The van der Waals surface area contributed by atoms with Crippen molar-refractivity contribution in [3.05, 3.63) is 46.7 Å². The van der Waals surface area contributed by atoms with Gasteiger partial charge in [0.1, 0.15) is 6.04 Å². The van der Waals surface area contributed by atoms with Crippen LogP contribution in [0.1, 0.15) is 23.3 Å². The number of aromatic carboxylic acids is 1. The number of rotatable bonds is 4. The van der Waals surface area contributed by atoms with Gasteiger partial charge in [-0.15, -0.1) is 0 Å². The van der Waals surface area contributed by atoms with Gasteiger partial charge in [-0.1, -0.05) is 15.9 Å². The molecule has 0 bridgehead atoms. The van der Waals surface area contributed by atoms with Gasteiger partial charge in [-0.25, -0.2) is 4.79 Å². The number of carboxylic acid groups (broad SMARTS) is 1. The van der Waals surface area contributed by atoms with Gasteiger partial charge in [0.05, 0.1) is 11.3 Å². The maximum absolute atomic E-state index is 12.1. The van der Waals surface area contributed by atoms with E-state index in [2.05, 4.69) is 26.3 Å². The van der Waals surface area contributed by atoms with Crippen LogP contribution in [-0.4, -0.2) is 26.8 Å². The Bertz CT molecular complexity index is 640. The number of hydrogen-bond acceptors (Lipinski definition) is 3. The molecule has 0 radical (unpaired) electrons. The lowest BCUT2D eigenvalue weighted by Crippen LogP contribution is -2.25. The van der Waals surface area contributed by atoms with Crippen LogP contribution in [0.3, 0.4) is 0 Å². The standard InChI is InChI=1S/C13H12BrN3O3/c1-8(17-6-2-5-15-17)12(18)16-11-4-3-9(14)7-10(11)13(19)20/h2-8H,1H3,(H,16,18)(H,19,20). The maximum atomic E-state index is 12.1. The molecule has 1 atom stereocenters. The van der Waals surface area contributed by atoms with Crippen LogP contribution in [0.4, 0.5) is 5.69 Å². The van der Waals surface area contributed by atoms with E-state index in [4.69, 9.17) is 5.11 Å². The Balaban J connectivity index is 2.22. The maximum Gasteiger partial charge on any atom is 0.337 e. The van der Waals surface area contributed by atoms with Crippen LogP contribution in [0.5, 0.6) is 0 Å². The number of anilines is 1. The van der Waals surface area contributed by atoms with Gasteiger partial charge in [0.2, 0.25) is 5.91 Å². The fraction of sp³-hybridized carbons (Fsp3) is 0.154. The molecule has 1 aromatic carbocycles. The summed E-state index contributed by atoms with van der Waals surface area (Å²) in [6.07, 6.45) is 3.25. The predicted molar refractivity (Wildman–Crippen MR) is 76.7 cm³/mol. The highest BCUT2D eigenvalue weighted by Crippen LogP contribution is 2.22. The van der Waals surface area contributed by atoms with Gasteiger partial charge in [-0.3, -0.25) is 9.48 Å². The number of hydrogen-bond donors (Lipinski definition) is 2. The van der Waals surface area contributed by atoms with E-state index in [9.17, 15) is 9.59 Å². The molecule has 20 heavy (non-hydrogen) atoms. The van der Waals surface area contributed by atoms with Crippen LogP contribution in [0.2, 0.25) is 0 Å². The lowest BCUT2D eigenvalue weighted by molar-refractivity contribution is -0.119. The van der Waals surface area contributed by atoms with Gasteiger partial charge < -0.3 is 10.4 Å². The molecule has 2 rings (SSSR count). The average Bonchev–Trinajstić information content (AvgIpc) is 2.93. The molecule has 0 aliphatic rings. The van der Waals surface area contributed by atoms with Crippen molar-refractivity contribution < 1.29 is 14.7 Å². The largest absolute Gasteiger partial charge is 0.478 e. The second kappa shape index (κ2) is 5.87. The highest BCUT2D eigenvalue weighted by molar-refractivity contribution is 9.10. The quantitative estimate of drug-likeness (QED) is 0.897. The molecule has 1 aromatic heterocycles. The van der Waals surface area contributed by atoms with Crippen molar-refractivity contribution in [3.8, 4) is 0 Å². The molecule has 7 heteroatoms. The monoisotopic (exact) mass is 337 g/mol. The van der Waals surface area contributed by atoms with Crippen molar-refractivity contribution in [2.75, 3.05) is 5.32 Å². The van der Waals surface area contributed by atoms with E-state index < -0.39 is 12.0 Å². The van der Waals surface area contributed by atoms with E-state index in [-0.39, 0.29) is 17.2 Å². The second-order valence-corrected chi connectivity index (χ2v) is 5.06. The summed E-state index contributed by atoms with van der Waals surface area (Å²) in [5.41, 5.74) is 0.282. The Morgan fingerprint density at radius 2 is 2.20 bits per heavy atom. The van der Waals surface area contributed by atoms with Crippen LogP contribution in [0.15, 0.2) is 41.1 Å². The Morgan fingerprint density at radius 1 is 1.45 bits per heavy atom. The van der Waals surface area contributed by atoms with Crippen molar-refractivity contribution >= 4 is 33.5 Å². The molecular formula is C13H12BrN3O3. The fourth-order valence-electron chi connectivity index (χ4n) is 1.67. The van der Waals surface area contributed by atoms with E-state index >= 15 is 0 Å². The van der Waals surface area contributed by atoms with Gasteiger partial charge in [-0.05, 0) is 31.2 Å². The first kappa shape index (κ1) is 14.3. The summed E-state index contributed by atoms with van der Waals surface area (Å²) in [6, 6.07) is 5.83. The predicted octanol–water partition coefficient (Wildman–Crippen LogP) is 2.54. The highest BCUT2D eigenvalue weighted by Gasteiger charge is 2.18. The molecule has 0 aliphatic carbocycles. The minimum absolute atomic E-state index is 0.0281. The normalized spacial score (nSPS) is 11.9. The van der Waals surface area contributed by atoms with Crippen LogP contribution >= 0.6 is 15.9 Å². The summed E-state index contributed by atoms with van der Waals surface area (Å²) in [7, 11) is 0. The Morgan fingerprint density at radius 3 is 2.80 bits per heavy atom. The first-order valence-electron chi connectivity index (χ1n) is 5.82. The molecule has 2 aromatic rings. The molecule has 104 valence electrons. The molecule has 1 heterocycles. The van der Waals surface area contributed by atoms with E-state index in [0.29, 0.717) is 4.47 Å². The number of nitrogens with one attached hydrogen (secondary N) is 1. The summed E-state index contributed by atoms with van der Waals surface area (Å²) in [4.78, 5) is 23.3. The molecule has 0 spiro atoms. The highest BCUT2D eigenvalue weighted by atomic mass is 79.9. The molecule has 1 unspecified atom stereocenters. The zero-order chi connectivity index (χ0) is 14.7. The summed E-state index contributed by atoms with van der Waals surface area (Å²) < 4.78 is 2.13. The Hall–Kier alpha value is -2.15. The zero-order valence-electron chi connectivity index (χ0n) is 10.6. The molecule has 1 amide bonds. The van der Waals surface area contributed by atoms with Gasteiger partial charge >= 0.3 is 5.97 Å². The lowest BCUT2D eigenvalue weighted by Gasteiger charge is -2.14. The first-order chi connectivity index (χ1) is 9.49. The number of nitrogens with zero attached hydrogens (tertiary/aromatic N) is 2. The molecule has 0 aliphatic heterocycles. The Labute approximate surface area is 123 Å². The smallest absolute Gasteiger partial charge is 0.337 e. The zero-order valence-corrected chi connectivity index (χ0v) is 12.2. The van der Waals surface area contributed by atoms with Crippen molar-refractivity contribution in [2.24, 2.45) is 0 Å². The number of carboxylic acids is 1. The third kappa shape index (κ3) is 3.05. The minimum Gasteiger partial charge on any atom is -0.478 e. The number of carbonyl (C=O) groups excluding carboxylic acids is 1. The van der Waals surface area contributed by atoms with E-state index in [1.54, 1.807) is 37.5 Å². The van der Waals surface area contributed by atoms with E-state index in [1.165, 1.54) is 10.7 Å². The van der Waals surface area contributed by atoms with Crippen molar-refractivity contribution in [2.45, 2.75) is 13.0 Å². The van der Waals surface area contributed by atoms with Crippen LogP contribution in [0.25, 0.3) is 0 Å². The van der Waals surface area contributed by atoms with Gasteiger partial charge in [0.25, 0.3) is 0 Å². The molecule has 0 saturated carbocycles. The summed E-state index contributed by atoms with van der Waals surface area (Å²) in [5, 5.41) is 15.7. The van der Waals surface area contributed by atoms with Gasteiger partial charge in [0, 0.05) is 16.9 Å². The molecular weight excluding hydrogens is 326 g/mol. The third-order valence-electron chi connectivity index (χ3n) is 2.77. The number of carbonyl (C=O) groups is 2. The van der Waals surface area contributed by atoms with Gasteiger partial charge in [-0.2, -0.15) is 5.10 Å². The average molecular weight is 338 g/mol. The topological polar surface area (TPSA) is 84.2 Å². The summed E-state index contributed by atoms with van der Waals surface area (Å²) in [6.45, 7) is 1.68. The number of benzene rings is 1. The van der Waals surface area contributed by atoms with Crippen LogP contribution < -0.4 is 5.32 Å². The van der Waals surface area contributed by atoms with E-state index in [0.717, 1.165) is 0 Å². The SMILES string of the molecule is CC(C(=O)Nc1ccc(Br)cc1C(=O)O)n1cccn1. The summed E-state index contributed by atoms with van der Waals surface area (Å²) in [5.74, 6) is -1.44. The molecule has 0 fully saturated rings. The third-order valence-corrected chi connectivity index (χ3v) is 3.26. The Kier molecular flexibility index (Phi) is 4.19. The first-order valence-corrected chi connectivity index (χ1v) is 6.61. The van der Waals surface area contributed by atoms with Crippen molar-refractivity contribution in [3.63, 3.8) is 0 Å². The van der Waals surface area contributed by atoms with Crippen molar-refractivity contribution in [1.82, 2.24) is 9.78 Å². The molecule has 2 N–H and O–H groups in total. The minimum atomic E-state index is -1.10. The van der Waals surface area contributed by atoms with Crippen LogP contribution in [-0.2, 0) is 4.79 Å². The fourth-order valence-corrected chi connectivity index (χ4v) is 2.03. The van der Waals surface area contributed by atoms with Crippen LogP contribution in [0, 0.1) is 0 Å². The summed E-state index contributed by atoms with van der Waals surface area (Å²) >= 11 is 3.20. The van der Waals surface area contributed by atoms with E-state index in [1.807, 2.05) is 0 Å². The lowest BCUT2D eigenvalue weighted by atomic mass is 10.1.